The van der Waals surface area contributed by atoms with Gasteiger partial charge in [0.1, 0.15) is 5.60 Å². The SMILES string of the molecule is CC(C)(C)OC(=O)N1Cc2c(I)cnn2CC1C1CC1. The molecule has 1 saturated carbocycles. The van der Waals surface area contributed by atoms with Gasteiger partial charge in [0, 0.05) is 0 Å². The van der Waals surface area contributed by atoms with Gasteiger partial charge in [0.2, 0.25) is 0 Å². The van der Waals surface area contributed by atoms with Gasteiger partial charge in [0.05, 0.1) is 34.6 Å². The summed E-state index contributed by atoms with van der Waals surface area (Å²) in [4.78, 5) is 14.4. The Morgan fingerprint density at radius 1 is 1.45 bits per heavy atom. The van der Waals surface area contributed by atoms with Crippen molar-refractivity contribution in [1.29, 1.82) is 0 Å². The van der Waals surface area contributed by atoms with Crippen molar-refractivity contribution < 1.29 is 9.53 Å². The van der Waals surface area contributed by atoms with Gasteiger partial charge in [0.25, 0.3) is 0 Å². The first-order valence-corrected chi connectivity index (χ1v) is 8.13. The molecule has 0 spiro atoms. The molecule has 110 valence electrons. The molecule has 0 bridgehead atoms. The van der Waals surface area contributed by atoms with Crippen LogP contribution in [0.15, 0.2) is 6.20 Å². The Kier molecular flexibility index (Phi) is 3.46. The van der Waals surface area contributed by atoms with Gasteiger partial charge in [-0.3, -0.25) is 9.58 Å². The molecule has 1 unspecified atom stereocenters. The lowest BCUT2D eigenvalue weighted by Gasteiger charge is -2.37. The van der Waals surface area contributed by atoms with Crippen molar-refractivity contribution in [1.82, 2.24) is 14.7 Å². The first kappa shape index (κ1) is 14.2. The van der Waals surface area contributed by atoms with Crippen molar-refractivity contribution in [2.75, 3.05) is 0 Å². The Hall–Kier alpha value is -0.790. The number of rotatable bonds is 1. The van der Waals surface area contributed by atoms with E-state index in [1.807, 2.05) is 36.5 Å². The first-order chi connectivity index (χ1) is 9.35. The topological polar surface area (TPSA) is 47.4 Å². The van der Waals surface area contributed by atoms with Gasteiger partial charge >= 0.3 is 6.09 Å². The van der Waals surface area contributed by atoms with Crippen LogP contribution in [0.3, 0.4) is 0 Å². The van der Waals surface area contributed by atoms with Gasteiger partial charge in [-0.05, 0) is 62.1 Å². The number of amides is 1. The van der Waals surface area contributed by atoms with Crippen molar-refractivity contribution in [3.05, 3.63) is 15.5 Å². The van der Waals surface area contributed by atoms with Crippen molar-refractivity contribution in [3.8, 4) is 0 Å². The van der Waals surface area contributed by atoms with Crippen molar-refractivity contribution >= 4 is 28.7 Å². The second-order valence-corrected chi connectivity index (χ2v) is 7.80. The molecule has 1 aromatic heterocycles. The molecule has 0 aromatic carbocycles. The van der Waals surface area contributed by atoms with E-state index in [4.69, 9.17) is 4.74 Å². The number of fused-ring (bicyclic) bond motifs is 1. The van der Waals surface area contributed by atoms with Crippen LogP contribution in [-0.2, 0) is 17.8 Å². The smallest absolute Gasteiger partial charge is 0.410 e. The van der Waals surface area contributed by atoms with E-state index < -0.39 is 5.60 Å². The fraction of sp³-hybridized carbons (Fsp3) is 0.714. The third-order valence-electron chi connectivity index (χ3n) is 3.77. The minimum absolute atomic E-state index is 0.197. The number of carbonyl (C=O) groups excluding carboxylic acids is 1. The summed E-state index contributed by atoms with van der Waals surface area (Å²) in [6.07, 6.45) is 4.09. The molecule has 1 fully saturated rings. The molecule has 0 N–H and O–H groups in total. The van der Waals surface area contributed by atoms with Crippen LogP contribution in [0, 0.1) is 9.49 Å². The van der Waals surface area contributed by atoms with E-state index in [1.54, 1.807) is 0 Å². The minimum atomic E-state index is -0.448. The molecule has 2 heterocycles. The lowest BCUT2D eigenvalue weighted by Crippen LogP contribution is -2.49. The van der Waals surface area contributed by atoms with Gasteiger partial charge in [0.15, 0.2) is 0 Å². The summed E-state index contributed by atoms with van der Waals surface area (Å²) in [6, 6.07) is 0.230. The Morgan fingerprint density at radius 3 is 2.75 bits per heavy atom. The van der Waals surface area contributed by atoms with Crippen LogP contribution in [-0.4, -0.2) is 32.4 Å². The summed E-state index contributed by atoms with van der Waals surface area (Å²) >= 11 is 2.28. The number of hydrogen-bond acceptors (Lipinski definition) is 3. The number of ether oxygens (including phenoxy) is 1. The van der Waals surface area contributed by atoms with Gasteiger partial charge < -0.3 is 4.74 Å². The number of aromatic nitrogens is 2. The second-order valence-electron chi connectivity index (χ2n) is 6.63. The molecule has 20 heavy (non-hydrogen) atoms. The summed E-state index contributed by atoms with van der Waals surface area (Å²) in [5.41, 5.74) is 0.670. The normalized spacial score (nSPS) is 22.6. The highest BCUT2D eigenvalue weighted by Gasteiger charge is 2.42. The van der Waals surface area contributed by atoms with Gasteiger partial charge in [-0.25, -0.2) is 4.79 Å². The lowest BCUT2D eigenvalue weighted by atomic mass is 10.1. The maximum atomic E-state index is 12.5. The van der Waals surface area contributed by atoms with E-state index in [2.05, 4.69) is 27.7 Å². The maximum Gasteiger partial charge on any atom is 0.410 e. The van der Waals surface area contributed by atoms with Crippen LogP contribution in [0.1, 0.15) is 39.3 Å². The van der Waals surface area contributed by atoms with Gasteiger partial charge in [-0.15, -0.1) is 0 Å². The molecule has 1 aliphatic heterocycles. The summed E-state index contributed by atoms with van der Waals surface area (Å²) in [6.45, 7) is 7.13. The minimum Gasteiger partial charge on any atom is -0.444 e. The molecule has 2 aliphatic rings. The average molecular weight is 389 g/mol. The molecule has 0 radical (unpaired) electrons. The van der Waals surface area contributed by atoms with Crippen LogP contribution in [0.25, 0.3) is 0 Å². The lowest BCUT2D eigenvalue weighted by molar-refractivity contribution is 0.00355. The molecule has 1 aromatic rings. The quantitative estimate of drug-likeness (QED) is 0.694. The average Bonchev–Trinajstić information content (AvgIpc) is 3.12. The molecule has 1 aliphatic carbocycles. The molecule has 3 rings (SSSR count). The number of halogens is 1. The van der Waals surface area contributed by atoms with Crippen LogP contribution in [0.5, 0.6) is 0 Å². The molecule has 1 atom stereocenters. The Balaban J connectivity index is 1.84. The highest BCUT2D eigenvalue weighted by molar-refractivity contribution is 14.1. The number of hydrogen-bond donors (Lipinski definition) is 0. The zero-order chi connectivity index (χ0) is 14.5. The summed E-state index contributed by atoms with van der Waals surface area (Å²) in [5, 5.41) is 4.42. The summed E-state index contributed by atoms with van der Waals surface area (Å²) < 4.78 is 8.74. The fourth-order valence-corrected chi connectivity index (χ4v) is 3.24. The predicted octanol–water partition coefficient (Wildman–Crippen LogP) is 3.02. The van der Waals surface area contributed by atoms with Crippen molar-refractivity contribution in [2.24, 2.45) is 5.92 Å². The third kappa shape index (κ3) is 2.80. The van der Waals surface area contributed by atoms with E-state index in [-0.39, 0.29) is 12.1 Å². The zero-order valence-corrected chi connectivity index (χ0v) is 14.3. The van der Waals surface area contributed by atoms with Crippen molar-refractivity contribution in [3.63, 3.8) is 0 Å². The molecule has 6 heteroatoms. The molecular weight excluding hydrogens is 369 g/mol. The van der Waals surface area contributed by atoms with E-state index >= 15 is 0 Å². The Bertz CT molecular complexity index is 531. The Morgan fingerprint density at radius 2 is 2.15 bits per heavy atom. The monoisotopic (exact) mass is 389 g/mol. The van der Waals surface area contributed by atoms with E-state index in [9.17, 15) is 4.79 Å². The highest BCUT2D eigenvalue weighted by atomic mass is 127. The molecule has 0 saturated heterocycles. The fourth-order valence-electron chi connectivity index (χ4n) is 2.66. The second kappa shape index (κ2) is 4.89. The van der Waals surface area contributed by atoms with Gasteiger partial charge in [-0.1, -0.05) is 0 Å². The maximum absolute atomic E-state index is 12.5. The van der Waals surface area contributed by atoms with E-state index in [0.717, 1.165) is 15.8 Å². The summed E-state index contributed by atoms with van der Waals surface area (Å²) in [7, 11) is 0. The van der Waals surface area contributed by atoms with Crippen LogP contribution in [0.4, 0.5) is 4.79 Å². The first-order valence-electron chi connectivity index (χ1n) is 7.05. The Labute approximate surface area is 132 Å². The third-order valence-corrected chi connectivity index (χ3v) is 4.67. The predicted molar refractivity (Wildman–Crippen MR) is 83.2 cm³/mol. The van der Waals surface area contributed by atoms with Crippen LogP contribution in [0.2, 0.25) is 0 Å². The molecule has 1 amide bonds. The molecular formula is C14H20IN3O2. The van der Waals surface area contributed by atoms with Gasteiger partial charge in [-0.2, -0.15) is 5.10 Å². The summed E-state index contributed by atoms with van der Waals surface area (Å²) in [5.74, 6) is 0.609. The largest absolute Gasteiger partial charge is 0.444 e. The van der Waals surface area contributed by atoms with Crippen LogP contribution < -0.4 is 0 Å². The standard InChI is InChI=1S/C14H20IN3O2/c1-14(2,3)20-13(19)17-7-12-10(15)6-16-18(12)8-11(17)9-4-5-9/h6,9,11H,4-5,7-8H2,1-3H3. The van der Waals surface area contributed by atoms with Crippen LogP contribution >= 0.6 is 22.6 Å². The highest BCUT2D eigenvalue weighted by Crippen LogP contribution is 2.39. The molecule has 5 nitrogen and oxygen atoms in total. The van der Waals surface area contributed by atoms with E-state index in [0.29, 0.717) is 12.5 Å². The number of carbonyl (C=O) groups is 1. The number of nitrogens with zero attached hydrogens (tertiary/aromatic N) is 3. The van der Waals surface area contributed by atoms with E-state index in [1.165, 1.54) is 12.8 Å². The van der Waals surface area contributed by atoms with Crippen molar-refractivity contribution in [2.45, 2.75) is 58.3 Å². The zero-order valence-electron chi connectivity index (χ0n) is 12.1.